The number of anilines is 1. The molecule has 1 saturated carbocycles. The van der Waals surface area contributed by atoms with Crippen molar-refractivity contribution in [1.29, 1.82) is 0 Å². The second-order valence-corrected chi connectivity index (χ2v) is 7.74. The molecule has 0 aromatic carbocycles. The van der Waals surface area contributed by atoms with Crippen molar-refractivity contribution in [2.24, 2.45) is 5.92 Å². The van der Waals surface area contributed by atoms with Gasteiger partial charge in [-0.2, -0.15) is 0 Å². The minimum Gasteiger partial charge on any atom is -0.396 e. The van der Waals surface area contributed by atoms with E-state index >= 15 is 0 Å². The molecular formula is C18H22N4OS. The van der Waals surface area contributed by atoms with Gasteiger partial charge in [0.15, 0.2) is 0 Å². The fraction of sp³-hybridized carbons (Fsp3) is 0.500. The average Bonchev–Trinajstić information content (AvgIpc) is 3.21. The number of aromatic nitrogens is 3. The maximum atomic E-state index is 9.35. The van der Waals surface area contributed by atoms with E-state index in [1.165, 1.54) is 4.88 Å². The van der Waals surface area contributed by atoms with Gasteiger partial charge >= 0.3 is 0 Å². The molecule has 2 aromatic heterocycles. The Labute approximate surface area is 145 Å². The lowest BCUT2D eigenvalue weighted by atomic mass is 10.1. The molecule has 2 aliphatic rings. The van der Waals surface area contributed by atoms with Crippen molar-refractivity contribution in [3.63, 3.8) is 0 Å². The van der Waals surface area contributed by atoms with E-state index in [0.717, 1.165) is 59.9 Å². The molecule has 4 rings (SSSR count). The van der Waals surface area contributed by atoms with Crippen LogP contribution in [0.1, 0.15) is 41.9 Å². The SMILES string of the molecule is Cc1ncnc(NC2CCC(CO)C2)c1-c1nc2c(s1)CCC=C2. The Balaban J connectivity index is 1.65. The van der Waals surface area contributed by atoms with E-state index < -0.39 is 0 Å². The van der Waals surface area contributed by atoms with Gasteiger partial charge in [0.05, 0.1) is 17.0 Å². The molecule has 126 valence electrons. The lowest BCUT2D eigenvalue weighted by Crippen LogP contribution is -2.18. The van der Waals surface area contributed by atoms with Crippen molar-refractivity contribution in [1.82, 2.24) is 15.0 Å². The van der Waals surface area contributed by atoms with Crippen LogP contribution < -0.4 is 5.32 Å². The Hall–Kier alpha value is -1.79. The van der Waals surface area contributed by atoms with Crippen molar-refractivity contribution in [2.45, 2.75) is 45.1 Å². The summed E-state index contributed by atoms with van der Waals surface area (Å²) in [4.78, 5) is 15.1. The predicted octanol–water partition coefficient (Wildman–Crippen LogP) is 3.44. The predicted molar refractivity (Wildman–Crippen MR) is 97.1 cm³/mol. The van der Waals surface area contributed by atoms with Crippen LogP contribution in [0.4, 0.5) is 5.82 Å². The standard InChI is InChI=1S/C18H22N4OS/c1-11-16(18-22-14-4-2-3-5-15(14)24-18)17(20-10-19-11)21-13-7-6-12(8-13)9-23/h2,4,10,12-13,23H,3,5-9H2,1H3,(H,19,20,21). The maximum absolute atomic E-state index is 9.35. The number of aryl methyl sites for hydroxylation is 2. The van der Waals surface area contributed by atoms with Gasteiger partial charge in [-0.05, 0) is 51.0 Å². The third-order valence-electron chi connectivity index (χ3n) is 4.93. The summed E-state index contributed by atoms with van der Waals surface area (Å²) in [6.07, 6.45) is 11.2. The molecular weight excluding hydrogens is 320 g/mol. The van der Waals surface area contributed by atoms with Crippen molar-refractivity contribution in [2.75, 3.05) is 11.9 Å². The highest BCUT2D eigenvalue weighted by atomic mass is 32.1. The molecule has 2 atom stereocenters. The number of hydrogen-bond donors (Lipinski definition) is 2. The first-order valence-corrected chi connectivity index (χ1v) is 9.42. The molecule has 0 bridgehead atoms. The van der Waals surface area contributed by atoms with Crippen LogP contribution in [0.5, 0.6) is 0 Å². The number of rotatable bonds is 4. The minimum atomic E-state index is 0.277. The summed E-state index contributed by atoms with van der Waals surface area (Å²) in [5.41, 5.74) is 3.08. The lowest BCUT2D eigenvalue weighted by molar-refractivity contribution is 0.229. The number of nitrogens with zero attached hydrogens (tertiary/aromatic N) is 3. The zero-order chi connectivity index (χ0) is 16.5. The lowest BCUT2D eigenvalue weighted by Gasteiger charge is -2.16. The van der Waals surface area contributed by atoms with Gasteiger partial charge < -0.3 is 10.4 Å². The van der Waals surface area contributed by atoms with Crippen LogP contribution in [-0.2, 0) is 6.42 Å². The molecule has 0 aliphatic heterocycles. The molecule has 2 unspecified atom stereocenters. The highest BCUT2D eigenvalue weighted by Crippen LogP contribution is 2.37. The van der Waals surface area contributed by atoms with E-state index in [4.69, 9.17) is 4.98 Å². The number of fused-ring (bicyclic) bond motifs is 1. The Kier molecular flexibility index (Phi) is 4.33. The fourth-order valence-electron chi connectivity index (χ4n) is 3.59. The highest BCUT2D eigenvalue weighted by molar-refractivity contribution is 7.15. The molecule has 2 heterocycles. The van der Waals surface area contributed by atoms with Gasteiger partial charge in [0.1, 0.15) is 17.2 Å². The van der Waals surface area contributed by atoms with Gasteiger partial charge in [-0.1, -0.05) is 6.08 Å². The summed E-state index contributed by atoms with van der Waals surface area (Å²) >= 11 is 1.76. The number of allylic oxidation sites excluding steroid dienone is 1. The summed E-state index contributed by atoms with van der Waals surface area (Å²) in [6.45, 7) is 2.29. The Bertz CT molecular complexity index is 770. The Morgan fingerprint density at radius 3 is 3.04 bits per heavy atom. The molecule has 6 heteroatoms. The molecule has 24 heavy (non-hydrogen) atoms. The Morgan fingerprint density at radius 1 is 1.33 bits per heavy atom. The number of aliphatic hydroxyl groups excluding tert-OH is 1. The van der Waals surface area contributed by atoms with E-state index in [-0.39, 0.29) is 6.61 Å². The van der Waals surface area contributed by atoms with Crippen LogP contribution in [0.2, 0.25) is 0 Å². The number of thiazole rings is 1. The summed E-state index contributed by atoms with van der Waals surface area (Å²) < 4.78 is 0. The molecule has 2 N–H and O–H groups in total. The third kappa shape index (κ3) is 2.96. The van der Waals surface area contributed by atoms with E-state index in [1.54, 1.807) is 17.7 Å². The summed E-state index contributed by atoms with van der Waals surface area (Å²) in [6, 6.07) is 0.365. The normalized spacial score (nSPS) is 22.6. The van der Waals surface area contributed by atoms with Gasteiger partial charge in [0.2, 0.25) is 0 Å². The fourth-order valence-corrected chi connectivity index (χ4v) is 4.76. The first-order chi connectivity index (χ1) is 11.7. The molecule has 2 aliphatic carbocycles. The molecule has 0 saturated heterocycles. The average molecular weight is 342 g/mol. The molecule has 5 nitrogen and oxygen atoms in total. The van der Waals surface area contributed by atoms with Gasteiger partial charge in [0, 0.05) is 17.5 Å². The van der Waals surface area contributed by atoms with Crippen molar-refractivity contribution in [3.05, 3.63) is 28.7 Å². The van der Waals surface area contributed by atoms with Crippen molar-refractivity contribution < 1.29 is 5.11 Å². The second kappa shape index (κ2) is 6.61. The van der Waals surface area contributed by atoms with Crippen LogP contribution in [-0.4, -0.2) is 32.7 Å². The monoisotopic (exact) mass is 342 g/mol. The zero-order valence-electron chi connectivity index (χ0n) is 13.8. The van der Waals surface area contributed by atoms with Crippen LogP contribution in [0.3, 0.4) is 0 Å². The summed E-state index contributed by atoms with van der Waals surface area (Å²) in [5.74, 6) is 1.28. The van der Waals surface area contributed by atoms with Crippen LogP contribution in [0, 0.1) is 12.8 Å². The minimum absolute atomic E-state index is 0.277. The highest BCUT2D eigenvalue weighted by Gasteiger charge is 2.26. The van der Waals surface area contributed by atoms with E-state index in [2.05, 4.69) is 27.4 Å². The third-order valence-corrected chi connectivity index (χ3v) is 6.08. The molecule has 1 fully saturated rings. The van der Waals surface area contributed by atoms with Gasteiger partial charge in [-0.15, -0.1) is 11.3 Å². The van der Waals surface area contributed by atoms with Crippen LogP contribution in [0.25, 0.3) is 16.6 Å². The largest absolute Gasteiger partial charge is 0.396 e. The smallest absolute Gasteiger partial charge is 0.140 e. The quantitative estimate of drug-likeness (QED) is 0.890. The molecule has 0 radical (unpaired) electrons. The number of aliphatic hydroxyl groups is 1. The Morgan fingerprint density at radius 2 is 2.25 bits per heavy atom. The molecule has 0 spiro atoms. The van der Waals surface area contributed by atoms with Crippen LogP contribution in [0.15, 0.2) is 12.4 Å². The van der Waals surface area contributed by atoms with E-state index in [1.807, 2.05) is 6.92 Å². The molecule has 0 amide bonds. The first-order valence-electron chi connectivity index (χ1n) is 8.60. The van der Waals surface area contributed by atoms with Crippen LogP contribution >= 0.6 is 11.3 Å². The van der Waals surface area contributed by atoms with Gasteiger partial charge in [-0.3, -0.25) is 0 Å². The maximum Gasteiger partial charge on any atom is 0.140 e. The second-order valence-electron chi connectivity index (χ2n) is 6.65. The molecule has 2 aromatic rings. The topological polar surface area (TPSA) is 70.9 Å². The van der Waals surface area contributed by atoms with Gasteiger partial charge in [0.25, 0.3) is 0 Å². The summed E-state index contributed by atoms with van der Waals surface area (Å²) in [5, 5.41) is 13.9. The van der Waals surface area contributed by atoms with Gasteiger partial charge in [-0.25, -0.2) is 15.0 Å². The first kappa shape index (κ1) is 15.7. The zero-order valence-corrected chi connectivity index (χ0v) is 14.6. The van der Waals surface area contributed by atoms with E-state index in [0.29, 0.717) is 12.0 Å². The van der Waals surface area contributed by atoms with Crippen molar-refractivity contribution in [3.8, 4) is 10.6 Å². The number of nitrogens with one attached hydrogen (secondary N) is 1. The van der Waals surface area contributed by atoms with Crippen molar-refractivity contribution >= 4 is 23.2 Å². The van der Waals surface area contributed by atoms with E-state index in [9.17, 15) is 5.11 Å². The summed E-state index contributed by atoms with van der Waals surface area (Å²) in [7, 11) is 0. The number of hydrogen-bond acceptors (Lipinski definition) is 6.